The third-order valence-electron chi connectivity index (χ3n) is 0.787. The first kappa shape index (κ1) is 12.6. The van der Waals surface area contributed by atoms with Crippen LogP contribution in [-0.2, 0) is 9.59 Å². The molecule has 0 radical (unpaired) electrons. The molecule has 12 heavy (non-hydrogen) atoms. The van der Waals surface area contributed by atoms with Crippen LogP contribution in [0.1, 0.15) is 0 Å². The zero-order valence-electron chi connectivity index (χ0n) is 6.22. The fourth-order valence-electron chi connectivity index (χ4n) is 0.380. The van der Waals surface area contributed by atoms with Crippen LogP contribution in [0.4, 0.5) is 0 Å². The van der Waals surface area contributed by atoms with Crippen LogP contribution in [0.5, 0.6) is 0 Å². The number of thioether (sulfide) groups is 2. The molecule has 0 amide bonds. The summed E-state index contributed by atoms with van der Waals surface area (Å²) in [4.78, 5) is 21.8. The quantitative estimate of drug-likeness (QED) is 0.562. The van der Waals surface area contributed by atoms with Gasteiger partial charge in [-0.3, -0.25) is 9.59 Å². The van der Waals surface area contributed by atoms with E-state index in [1.54, 1.807) is 0 Å². The summed E-state index contributed by atoms with van der Waals surface area (Å²) in [6.45, 7) is 0. The van der Waals surface area contributed by atoms with Crippen molar-refractivity contribution in [3.8, 4) is 0 Å². The Morgan fingerprint density at radius 3 is 1.50 bits per heavy atom. The molecule has 0 aliphatic rings. The van der Waals surface area contributed by atoms with Crippen molar-refractivity contribution in [1.82, 2.24) is 0 Å². The van der Waals surface area contributed by atoms with Gasteiger partial charge in [-0.2, -0.15) is 0 Å². The third kappa shape index (κ3) is 6.17. The van der Waals surface area contributed by atoms with Gasteiger partial charge in [0.1, 0.15) is 0 Å². The zero-order chi connectivity index (χ0) is 9.40. The van der Waals surface area contributed by atoms with Crippen molar-refractivity contribution >= 4 is 57.0 Å². The van der Waals surface area contributed by atoms with E-state index in [2.05, 4.69) is 0 Å². The first-order chi connectivity index (χ1) is 5.72. The normalized spacial score (nSPS) is 9.83. The molecule has 0 heterocycles. The summed E-state index contributed by atoms with van der Waals surface area (Å²) in [7, 11) is 0. The van der Waals surface area contributed by atoms with Gasteiger partial charge in [-0.25, -0.2) is 0 Å². The second-order valence-electron chi connectivity index (χ2n) is 1.65. The summed E-state index contributed by atoms with van der Waals surface area (Å²) in [5.41, 5.74) is 0. The van der Waals surface area contributed by atoms with Crippen molar-refractivity contribution in [2.24, 2.45) is 0 Å². The molecule has 0 aromatic heterocycles. The Labute approximate surface area is 89.7 Å². The smallest absolute Gasteiger partial charge is 0.266 e. The van der Waals surface area contributed by atoms with E-state index in [-0.39, 0.29) is 0 Å². The van der Waals surface area contributed by atoms with Crippen LogP contribution >= 0.6 is 46.7 Å². The highest BCUT2D eigenvalue weighted by atomic mass is 35.5. The topological polar surface area (TPSA) is 34.1 Å². The van der Waals surface area contributed by atoms with Crippen LogP contribution in [0.2, 0.25) is 0 Å². The molecule has 0 saturated heterocycles. The number of halogens is 2. The molecule has 0 aromatic rings. The summed E-state index contributed by atoms with van der Waals surface area (Å²) in [5.74, 6) is 1.72. The van der Waals surface area contributed by atoms with Crippen molar-refractivity contribution in [3.05, 3.63) is 0 Å². The monoisotopic (exact) mass is 246 g/mol. The maximum atomic E-state index is 10.9. The van der Waals surface area contributed by atoms with E-state index in [0.29, 0.717) is 23.3 Å². The highest BCUT2D eigenvalue weighted by molar-refractivity contribution is 8.24. The molecule has 0 unspecified atom stereocenters. The summed E-state index contributed by atoms with van der Waals surface area (Å²) in [5, 5.41) is -0.878. The number of carbonyl (C=O) groups is 2. The Hall–Kier alpha value is 0.620. The summed E-state index contributed by atoms with van der Waals surface area (Å²) < 4.78 is 0. The molecule has 0 N–H and O–H groups in total. The van der Waals surface area contributed by atoms with Crippen LogP contribution < -0.4 is 0 Å². The van der Waals surface area contributed by atoms with Crippen LogP contribution in [0.25, 0.3) is 0 Å². The summed E-state index contributed by atoms with van der Waals surface area (Å²) in [6, 6.07) is 0. The average molecular weight is 247 g/mol. The van der Waals surface area contributed by atoms with Gasteiger partial charge < -0.3 is 0 Å². The maximum absolute atomic E-state index is 10.9. The van der Waals surface area contributed by atoms with E-state index >= 15 is 0 Å². The molecule has 0 aliphatic heterocycles. The average Bonchev–Trinajstić information content (AvgIpc) is 2.10. The van der Waals surface area contributed by atoms with E-state index in [0.717, 1.165) is 23.5 Å². The number of rotatable bonds is 4. The van der Waals surface area contributed by atoms with Gasteiger partial charge in [-0.1, -0.05) is 23.5 Å². The molecule has 70 valence electrons. The van der Waals surface area contributed by atoms with Gasteiger partial charge in [-0.05, 0) is 0 Å². The predicted octanol–water partition coefficient (Wildman–Crippen LogP) is 1.98. The lowest BCUT2D eigenvalue weighted by Crippen LogP contribution is -2.07. The highest BCUT2D eigenvalue weighted by Crippen LogP contribution is 2.11. The Kier molecular flexibility index (Phi) is 8.65. The van der Waals surface area contributed by atoms with Gasteiger partial charge in [0, 0.05) is 23.3 Å². The maximum Gasteiger partial charge on any atom is 0.266 e. The van der Waals surface area contributed by atoms with E-state index in [1.807, 2.05) is 0 Å². The SMILES string of the molecule is O=C(SCCCl)C(=O)SCCCl. The molecule has 0 aliphatic carbocycles. The Morgan fingerprint density at radius 2 is 1.25 bits per heavy atom. The molecule has 0 spiro atoms. The van der Waals surface area contributed by atoms with Gasteiger partial charge in [0.15, 0.2) is 0 Å². The molecule has 0 rings (SSSR count). The van der Waals surface area contributed by atoms with E-state index in [9.17, 15) is 9.59 Å². The Bertz CT molecular complexity index is 146. The van der Waals surface area contributed by atoms with Crippen molar-refractivity contribution in [2.45, 2.75) is 0 Å². The Balaban J connectivity index is 3.55. The lowest BCUT2D eigenvalue weighted by molar-refractivity contribution is -0.126. The standard InChI is InChI=1S/C6H8Cl2O2S2/c7-1-3-11-5(9)6(10)12-4-2-8/h1-4H2. The molecule has 0 fully saturated rings. The molecule has 0 aromatic carbocycles. The van der Waals surface area contributed by atoms with Gasteiger partial charge in [0.05, 0.1) is 0 Å². The lowest BCUT2D eigenvalue weighted by atomic mass is 10.9. The number of hydrogen-bond acceptors (Lipinski definition) is 4. The van der Waals surface area contributed by atoms with Crippen molar-refractivity contribution in [3.63, 3.8) is 0 Å². The lowest BCUT2D eigenvalue weighted by Gasteiger charge is -1.95. The minimum Gasteiger partial charge on any atom is -0.277 e. The molecule has 0 saturated carbocycles. The molecule has 0 bridgehead atoms. The fourth-order valence-corrected chi connectivity index (χ4v) is 1.96. The van der Waals surface area contributed by atoms with Crippen LogP contribution in [-0.4, -0.2) is 33.5 Å². The minimum absolute atomic E-state index is 0.379. The zero-order valence-corrected chi connectivity index (χ0v) is 9.36. The Morgan fingerprint density at radius 1 is 0.917 bits per heavy atom. The molecular weight excluding hydrogens is 239 g/mol. The molecule has 0 atom stereocenters. The highest BCUT2D eigenvalue weighted by Gasteiger charge is 2.13. The van der Waals surface area contributed by atoms with Gasteiger partial charge in [0.25, 0.3) is 10.2 Å². The van der Waals surface area contributed by atoms with Crippen LogP contribution in [0, 0.1) is 0 Å². The fraction of sp³-hybridized carbons (Fsp3) is 0.667. The summed E-state index contributed by atoms with van der Waals surface area (Å²) >= 11 is 12.6. The molecule has 6 heteroatoms. The molecule has 2 nitrogen and oxygen atoms in total. The third-order valence-corrected chi connectivity index (χ3v) is 3.45. The number of carbonyl (C=O) groups excluding carboxylic acids is 2. The van der Waals surface area contributed by atoms with E-state index in [1.165, 1.54) is 0 Å². The second kappa shape index (κ2) is 8.23. The second-order valence-corrected chi connectivity index (χ2v) is 4.54. The first-order valence-corrected chi connectivity index (χ1v) is 6.22. The molecular formula is C6H8Cl2O2S2. The van der Waals surface area contributed by atoms with E-state index < -0.39 is 10.2 Å². The van der Waals surface area contributed by atoms with E-state index in [4.69, 9.17) is 23.2 Å². The van der Waals surface area contributed by atoms with Crippen molar-refractivity contribution in [2.75, 3.05) is 23.3 Å². The van der Waals surface area contributed by atoms with Gasteiger partial charge in [-0.15, -0.1) is 23.2 Å². The number of alkyl halides is 2. The summed E-state index contributed by atoms with van der Waals surface area (Å²) in [6.07, 6.45) is 0. The van der Waals surface area contributed by atoms with Crippen molar-refractivity contribution < 1.29 is 9.59 Å². The van der Waals surface area contributed by atoms with Gasteiger partial charge in [0.2, 0.25) is 0 Å². The van der Waals surface area contributed by atoms with Crippen LogP contribution in [0.15, 0.2) is 0 Å². The first-order valence-electron chi connectivity index (χ1n) is 3.18. The van der Waals surface area contributed by atoms with Crippen molar-refractivity contribution in [1.29, 1.82) is 0 Å². The predicted molar refractivity (Wildman–Crippen MR) is 56.4 cm³/mol. The van der Waals surface area contributed by atoms with Gasteiger partial charge >= 0.3 is 0 Å². The minimum atomic E-state index is -0.439. The van der Waals surface area contributed by atoms with Crippen LogP contribution in [0.3, 0.4) is 0 Å². The number of hydrogen-bond donors (Lipinski definition) is 0. The largest absolute Gasteiger partial charge is 0.277 e.